The Labute approximate surface area is 144 Å². The molecule has 0 radical (unpaired) electrons. The van der Waals surface area contributed by atoms with Crippen molar-refractivity contribution in [1.82, 2.24) is 14.9 Å². The second-order valence-electron chi connectivity index (χ2n) is 6.45. The molecular weight excluding hydrogens is 324 g/mol. The Kier molecular flexibility index (Phi) is 4.20. The van der Waals surface area contributed by atoms with Crippen molar-refractivity contribution in [2.75, 3.05) is 25.0 Å². The largest absolute Gasteiger partial charge is 0.371 e. The number of carbonyl (C=O) groups excluding carboxylic acids is 1. The fourth-order valence-corrected chi connectivity index (χ4v) is 4.25. The summed E-state index contributed by atoms with van der Waals surface area (Å²) in [5.41, 5.74) is 0.540. The molecule has 2 atom stereocenters. The zero-order valence-electron chi connectivity index (χ0n) is 13.4. The van der Waals surface area contributed by atoms with E-state index in [1.54, 1.807) is 29.8 Å². The van der Waals surface area contributed by atoms with E-state index in [0.29, 0.717) is 19.1 Å². The molecule has 2 aromatic heterocycles. The van der Waals surface area contributed by atoms with Crippen LogP contribution in [0.1, 0.15) is 29.6 Å². The molecule has 0 aromatic carbocycles. The van der Waals surface area contributed by atoms with E-state index in [2.05, 4.69) is 15.3 Å². The molecule has 0 unspecified atom stereocenters. The fraction of sp³-hybridized carbons (Fsp3) is 0.471. The predicted octanol–water partition coefficient (Wildman–Crippen LogP) is 2.41. The van der Waals surface area contributed by atoms with Crippen LogP contribution in [0.3, 0.4) is 0 Å². The smallest absolute Gasteiger partial charge is 0.254 e. The van der Waals surface area contributed by atoms with Crippen LogP contribution in [0.25, 0.3) is 0 Å². The van der Waals surface area contributed by atoms with Gasteiger partial charge in [0, 0.05) is 30.7 Å². The first-order valence-corrected chi connectivity index (χ1v) is 9.17. The third-order valence-corrected chi connectivity index (χ3v) is 5.39. The molecule has 4 heterocycles. The molecule has 1 N–H and O–H groups in total. The van der Waals surface area contributed by atoms with Crippen molar-refractivity contribution < 1.29 is 9.53 Å². The summed E-state index contributed by atoms with van der Waals surface area (Å²) < 4.78 is 6.15. The summed E-state index contributed by atoms with van der Waals surface area (Å²) in [6, 6.07) is 3.87. The van der Waals surface area contributed by atoms with Gasteiger partial charge in [0.15, 0.2) is 0 Å². The Bertz CT molecular complexity index is 694. The molecule has 7 heteroatoms. The highest BCUT2D eigenvalue weighted by Gasteiger charge is 2.44. The standard InChI is InChI=1S/C17H20N4O2S/c22-15(13-3-8-24-11-13)21-7-1-4-17(12-21)9-14(10-23-17)20-16-18-5-2-6-19-16/h2-3,5-6,8,11,14H,1,4,7,9-10,12H2,(H,18,19,20)/t14-,17+/m0/s1. The van der Waals surface area contributed by atoms with Crippen molar-refractivity contribution in [3.63, 3.8) is 0 Å². The van der Waals surface area contributed by atoms with Gasteiger partial charge < -0.3 is 15.0 Å². The first-order chi connectivity index (χ1) is 11.7. The number of hydrogen-bond acceptors (Lipinski definition) is 6. The van der Waals surface area contributed by atoms with Gasteiger partial charge >= 0.3 is 0 Å². The molecule has 2 aliphatic rings. The maximum atomic E-state index is 12.6. The molecule has 0 aliphatic carbocycles. The number of rotatable bonds is 3. The molecule has 0 saturated carbocycles. The molecule has 126 valence electrons. The Hall–Kier alpha value is -1.99. The summed E-state index contributed by atoms with van der Waals surface area (Å²) in [5.74, 6) is 0.742. The van der Waals surface area contributed by atoms with Crippen molar-refractivity contribution in [3.8, 4) is 0 Å². The highest BCUT2D eigenvalue weighted by molar-refractivity contribution is 7.08. The lowest BCUT2D eigenvalue weighted by Gasteiger charge is -2.39. The second kappa shape index (κ2) is 6.49. The van der Waals surface area contributed by atoms with Gasteiger partial charge in [0.2, 0.25) is 5.95 Å². The van der Waals surface area contributed by atoms with E-state index in [0.717, 1.165) is 31.4 Å². The lowest BCUT2D eigenvalue weighted by atomic mass is 9.88. The predicted molar refractivity (Wildman–Crippen MR) is 92.2 cm³/mol. The van der Waals surface area contributed by atoms with Crippen LogP contribution in [0.4, 0.5) is 5.95 Å². The molecular formula is C17H20N4O2S. The van der Waals surface area contributed by atoms with Crippen molar-refractivity contribution in [1.29, 1.82) is 0 Å². The third-order valence-electron chi connectivity index (χ3n) is 4.70. The number of likely N-dealkylation sites (tertiary alicyclic amines) is 1. The minimum atomic E-state index is -0.240. The quantitative estimate of drug-likeness (QED) is 0.926. The SMILES string of the molecule is O=C(c1ccsc1)N1CCC[C@@]2(C[C@H](Nc3ncccn3)CO2)C1. The molecule has 6 nitrogen and oxygen atoms in total. The highest BCUT2D eigenvalue weighted by atomic mass is 32.1. The number of ether oxygens (including phenoxy) is 1. The van der Waals surface area contributed by atoms with Crippen LogP contribution in [-0.2, 0) is 4.74 Å². The number of thiophene rings is 1. The van der Waals surface area contributed by atoms with Crippen LogP contribution in [-0.4, -0.2) is 52.1 Å². The number of nitrogens with one attached hydrogen (secondary N) is 1. The molecule has 0 bridgehead atoms. The van der Waals surface area contributed by atoms with Gasteiger partial charge in [-0.05, 0) is 30.4 Å². The summed E-state index contributed by atoms with van der Waals surface area (Å²) >= 11 is 1.55. The fourth-order valence-electron chi connectivity index (χ4n) is 3.62. The van der Waals surface area contributed by atoms with Crippen LogP contribution in [0.15, 0.2) is 35.3 Å². The lowest BCUT2D eigenvalue weighted by molar-refractivity contribution is -0.0447. The summed E-state index contributed by atoms with van der Waals surface area (Å²) in [7, 11) is 0. The minimum Gasteiger partial charge on any atom is -0.371 e. The van der Waals surface area contributed by atoms with Crippen LogP contribution in [0, 0.1) is 0 Å². The molecule has 4 rings (SSSR count). The number of amides is 1. The Balaban J connectivity index is 1.41. The Morgan fingerprint density at radius 3 is 3.08 bits per heavy atom. The molecule has 1 amide bonds. The zero-order chi connectivity index (χ0) is 16.4. The molecule has 2 saturated heterocycles. The van der Waals surface area contributed by atoms with E-state index in [9.17, 15) is 4.79 Å². The van der Waals surface area contributed by atoms with Crippen LogP contribution < -0.4 is 5.32 Å². The number of anilines is 1. The number of nitrogens with zero attached hydrogens (tertiary/aromatic N) is 3. The Morgan fingerprint density at radius 1 is 1.42 bits per heavy atom. The first-order valence-electron chi connectivity index (χ1n) is 8.23. The van der Waals surface area contributed by atoms with Crippen molar-refractivity contribution >= 4 is 23.2 Å². The van der Waals surface area contributed by atoms with Gasteiger partial charge in [0.05, 0.1) is 30.4 Å². The van der Waals surface area contributed by atoms with E-state index in [1.807, 2.05) is 21.7 Å². The van der Waals surface area contributed by atoms with Crippen LogP contribution >= 0.6 is 11.3 Å². The molecule has 2 aliphatic heterocycles. The average Bonchev–Trinajstić information content (AvgIpc) is 3.26. The van der Waals surface area contributed by atoms with Gasteiger partial charge in [-0.3, -0.25) is 4.79 Å². The maximum Gasteiger partial charge on any atom is 0.254 e. The van der Waals surface area contributed by atoms with Gasteiger partial charge in [-0.15, -0.1) is 0 Å². The number of carbonyl (C=O) groups is 1. The number of piperidine rings is 1. The van der Waals surface area contributed by atoms with E-state index in [-0.39, 0.29) is 17.6 Å². The lowest BCUT2D eigenvalue weighted by Crippen LogP contribution is -2.50. The van der Waals surface area contributed by atoms with Crippen molar-refractivity contribution in [2.24, 2.45) is 0 Å². The molecule has 24 heavy (non-hydrogen) atoms. The van der Waals surface area contributed by atoms with Gasteiger partial charge in [-0.25, -0.2) is 9.97 Å². The van der Waals surface area contributed by atoms with Crippen molar-refractivity contribution in [2.45, 2.75) is 30.9 Å². The number of hydrogen-bond donors (Lipinski definition) is 1. The minimum absolute atomic E-state index is 0.113. The highest BCUT2D eigenvalue weighted by Crippen LogP contribution is 2.36. The average molecular weight is 344 g/mol. The van der Waals surface area contributed by atoms with Crippen molar-refractivity contribution in [3.05, 3.63) is 40.8 Å². The summed E-state index contributed by atoms with van der Waals surface area (Å²) in [5, 5.41) is 7.19. The topological polar surface area (TPSA) is 67.4 Å². The summed E-state index contributed by atoms with van der Waals surface area (Å²) in [6.07, 6.45) is 6.29. The zero-order valence-corrected chi connectivity index (χ0v) is 14.2. The summed E-state index contributed by atoms with van der Waals surface area (Å²) in [4.78, 5) is 23.0. The van der Waals surface area contributed by atoms with E-state index in [1.165, 1.54) is 0 Å². The molecule has 2 aromatic rings. The van der Waals surface area contributed by atoms with E-state index >= 15 is 0 Å². The van der Waals surface area contributed by atoms with Gasteiger partial charge in [-0.1, -0.05) is 0 Å². The molecule has 1 spiro atoms. The normalized spacial score (nSPS) is 26.7. The molecule has 2 fully saturated rings. The third kappa shape index (κ3) is 3.14. The first kappa shape index (κ1) is 15.5. The van der Waals surface area contributed by atoms with Gasteiger partial charge in [0.1, 0.15) is 0 Å². The number of aromatic nitrogens is 2. The van der Waals surface area contributed by atoms with Gasteiger partial charge in [0.25, 0.3) is 5.91 Å². The maximum absolute atomic E-state index is 12.6. The van der Waals surface area contributed by atoms with E-state index in [4.69, 9.17) is 4.74 Å². The van der Waals surface area contributed by atoms with Crippen LogP contribution in [0.5, 0.6) is 0 Å². The second-order valence-corrected chi connectivity index (χ2v) is 7.23. The van der Waals surface area contributed by atoms with Crippen LogP contribution in [0.2, 0.25) is 0 Å². The van der Waals surface area contributed by atoms with Gasteiger partial charge in [-0.2, -0.15) is 11.3 Å². The van der Waals surface area contributed by atoms with E-state index < -0.39 is 0 Å². The Morgan fingerprint density at radius 2 is 2.29 bits per heavy atom. The summed E-state index contributed by atoms with van der Waals surface area (Å²) in [6.45, 7) is 2.09. The monoisotopic (exact) mass is 344 g/mol.